The fraction of sp³-hybridized carbons (Fsp3) is 0.250. The number of hydrazine groups is 1. The second kappa shape index (κ2) is 6.72. The third-order valence-corrected chi connectivity index (χ3v) is 4.87. The smallest absolute Gasteiger partial charge is 0.0512 e. The van der Waals surface area contributed by atoms with Crippen LogP contribution in [0.5, 0.6) is 0 Å². The van der Waals surface area contributed by atoms with Crippen LogP contribution < -0.4 is 11.3 Å². The van der Waals surface area contributed by atoms with Crippen molar-refractivity contribution in [2.75, 3.05) is 0 Å². The van der Waals surface area contributed by atoms with E-state index in [2.05, 4.69) is 52.5 Å². The second-order valence-corrected chi connectivity index (χ2v) is 6.20. The number of aryl methyl sites for hydroxylation is 2. The summed E-state index contributed by atoms with van der Waals surface area (Å²) in [6, 6.07) is 12.3. The average molecular weight is 354 g/mol. The summed E-state index contributed by atoms with van der Waals surface area (Å²) in [4.78, 5) is 0. The van der Waals surface area contributed by atoms with Gasteiger partial charge in [-0.2, -0.15) is 0 Å². The number of nitrogens with two attached hydrogens (primary N) is 1. The molecular formula is C16H18BrClN2. The molecule has 4 heteroatoms. The van der Waals surface area contributed by atoms with Crippen molar-refractivity contribution < 1.29 is 0 Å². The number of hydrogen-bond donors (Lipinski definition) is 2. The Hall–Kier alpha value is -0.870. The molecule has 0 spiro atoms. The van der Waals surface area contributed by atoms with Crippen molar-refractivity contribution in [3.05, 3.63) is 68.1 Å². The lowest BCUT2D eigenvalue weighted by Gasteiger charge is -2.19. The average Bonchev–Trinajstić information content (AvgIpc) is 2.42. The lowest BCUT2D eigenvalue weighted by Crippen LogP contribution is -2.30. The van der Waals surface area contributed by atoms with Crippen molar-refractivity contribution in [1.29, 1.82) is 0 Å². The van der Waals surface area contributed by atoms with Crippen molar-refractivity contribution in [3.63, 3.8) is 0 Å². The van der Waals surface area contributed by atoms with Crippen LogP contribution in [-0.4, -0.2) is 0 Å². The molecule has 2 nitrogen and oxygen atoms in total. The molecule has 0 bridgehead atoms. The number of rotatable bonds is 4. The zero-order chi connectivity index (χ0) is 14.7. The van der Waals surface area contributed by atoms with E-state index in [1.165, 1.54) is 5.56 Å². The Morgan fingerprint density at radius 1 is 1.25 bits per heavy atom. The number of benzene rings is 2. The van der Waals surface area contributed by atoms with Gasteiger partial charge < -0.3 is 0 Å². The molecule has 2 aromatic carbocycles. The number of hydrogen-bond acceptors (Lipinski definition) is 2. The maximum Gasteiger partial charge on any atom is 0.0512 e. The van der Waals surface area contributed by atoms with Crippen molar-refractivity contribution in [3.8, 4) is 0 Å². The molecular weight excluding hydrogens is 336 g/mol. The molecule has 106 valence electrons. The van der Waals surface area contributed by atoms with Crippen LogP contribution in [0.2, 0.25) is 5.02 Å². The van der Waals surface area contributed by atoms with Gasteiger partial charge in [0.25, 0.3) is 0 Å². The number of halogens is 2. The molecule has 0 aliphatic rings. The van der Waals surface area contributed by atoms with E-state index in [4.69, 9.17) is 17.4 Å². The van der Waals surface area contributed by atoms with Crippen LogP contribution in [0.15, 0.2) is 40.9 Å². The fourth-order valence-electron chi connectivity index (χ4n) is 2.24. The van der Waals surface area contributed by atoms with Crippen molar-refractivity contribution in [2.45, 2.75) is 26.3 Å². The molecule has 2 rings (SSSR count). The van der Waals surface area contributed by atoms with Crippen LogP contribution >= 0.6 is 27.5 Å². The van der Waals surface area contributed by atoms with Gasteiger partial charge in [-0.3, -0.25) is 11.3 Å². The maximum absolute atomic E-state index is 6.31. The Kier molecular flexibility index (Phi) is 5.22. The lowest BCUT2D eigenvalue weighted by atomic mass is 9.97. The van der Waals surface area contributed by atoms with Crippen LogP contribution in [0, 0.1) is 13.8 Å². The van der Waals surface area contributed by atoms with E-state index in [1.54, 1.807) is 0 Å². The molecule has 1 unspecified atom stereocenters. The molecule has 2 aromatic rings. The summed E-state index contributed by atoms with van der Waals surface area (Å²) in [5, 5.41) is 0.786. The minimum Gasteiger partial charge on any atom is -0.271 e. The predicted octanol–water partition coefficient (Wildman–Crippen LogP) is 4.47. The van der Waals surface area contributed by atoms with Crippen LogP contribution in [0.1, 0.15) is 28.3 Å². The minimum absolute atomic E-state index is 0.0180. The number of nitrogens with one attached hydrogen (secondary N) is 1. The summed E-state index contributed by atoms with van der Waals surface area (Å²) in [6.45, 7) is 4.10. The normalized spacial score (nSPS) is 12.4. The van der Waals surface area contributed by atoms with Crippen LogP contribution in [0.4, 0.5) is 0 Å². The summed E-state index contributed by atoms with van der Waals surface area (Å²) in [7, 11) is 0. The van der Waals surface area contributed by atoms with Crippen LogP contribution in [0.3, 0.4) is 0 Å². The summed E-state index contributed by atoms with van der Waals surface area (Å²) < 4.78 is 1.09. The molecule has 20 heavy (non-hydrogen) atoms. The van der Waals surface area contributed by atoms with Crippen LogP contribution in [-0.2, 0) is 6.42 Å². The van der Waals surface area contributed by atoms with Gasteiger partial charge in [-0.1, -0.05) is 57.9 Å². The molecule has 0 saturated carbocycles. The van der Waals surface area contributed by atoms with Gasteiger partial charge in [-0.05, 0) is 48.6 Å². The zero-order valence-electron chi connectivity index (χ0n) is 11.6. The fourth-order valence-corrected chi connectivity index (χ4v) is 3.09. The Bertz CT molecular complexity index is 613. The van der Waals surface area contributed by atoms with E-state index < -0.39 is 0 Å². The quantitative estimate of drug-likeness (QED) is 0.629. The molecule has 0 radical (unpaired) electrons. The van der Waals surface area contributed by atoms with E-state index in [9.17, 15) is 0 Å². The standard InChI is InChI=1S/C16H18BrClN2/c1-10-6-7-12(14(18)8-10)9-15(20-19)13-5-3-4-11(2)16(13)17/h3-8,15,20H,9,19H2,1-2H3. The molecule has 0 aliphatic carbocycles. The van der Waals surface area contributed by atoms with Gasteiger partial charge in [0.15, 0.2) is 0 Å². The van der Waals surface area contributed by atoms with Gasteiger partial charge in [0.1, 0.15) is 0 Å². The monoisotopic (exact) mass is 352 g/mol. The highest BCUT2D eigenvalue weighted by molar-refractivity contribution is 9.10. The topological polar surface area (TPSA) is 38.0 Å². The Balaban J connectivity index is 2.31. The molecule has 0 amide bonds. The molecule has 0 aromatic heterocycles. The largest absolute Gasteiger partial charge is 0.271 e. The highest BCUT2D eigenvalue weighted by atomic mass is 79.9. The predicted molar refractivity (Wildman–Crippen MR) is 88.8 cm³/mol. The highest BCUT2D eigenvalue weighted by Gasteiger charge is 2.16. The minimum atomic E-state index is 0.0180. The molecule has 1 atom stereocenters. The molecule has 0 fully saturated rings. The Morgan fingerprint density at radius 3 is 2.65 bits per heavy atom. The van der Waals surface area contributed by atoms with Gasteiger partial charge in [0, 0.05) is 9.50 Å². The summed E-state index contributed by atoms with van der Waals surface area (Å²) in [6.07, 6.45) is 0.748. The summed E-state index contributed by atoms with van der Waals surface area (Å²) in [5.74, 6) is 5.74. The van der Waals surface area contributed by atoms with E-state index in [-0.39, 0.29) is 6.04 Å². The van der Waals surface area contributed by atoms with Gasteiger partial charge in [0.2, 0.25) is 0 Å². The molecule has 0 aliphatic heterocycles. The summed E-state index contributed by atoms with van der Waals surface area (Å²) >= 11 is 9.95. The van der Waals surface area contributed by atoms with E-state index >= 15 is 0 Å². The maximum atomic E-state index is 6.31. The first-order valence-electron chi connectivity index (χ1n) is 6.49. The van der Waals surface area contributed by atoms with Gasteiger partial charge >= 0.3 is 0 Å². The first-order chi connectivity index (χ1) is 9.52. The van der Waals surface area contributed by atoms with E-state index in [1.807, 2.05) is 19.1 Å². The van der Waals surface area contributed by atoms with Crippen molar-refractivity contribution >= 4 is 27.5 Å². The molecule has 0 saturated heterocycles. The Labute approximate surface area is 133 Å². The first kappa shape index (κ1) is 15.5. The second-order valence-electron chi connectivity index (χ2n) is 5.00. The SMILES string of the molecule is Cc1ccc(CC(NN)c2cccc(C)c2Br)c(Cl)c1. The van der Waals surface area contributed by atoms with Crippen LogP contribution in [0.25, 0.3) is 0 Å². The van der Waals surface area contributed by atoms with Gasteiger partial charge in [-0.25, -0.2) is 0 Å². The third-order valence-electron chi connectivity index (χ3n) is 3.43. The Morgan fingerprint density at radius 2 is 2.00 bits per heavy atom. The third kappa shape index (κ3) is 3.41. The first-order valence-corrected chi connectivity index (χ1v) is 7.66. The van der Waals surface area contributed by atoms with E-state index in [0.717, 1.165) is 32.6 Å². The van der Waals surface area contributed by atoms with Crippen molar-refractivity contribution in [1.82, 2.24) is 5.43 Å². The van der Waals surface area contributed by atoms with Crippen molar-refractivity contribution in [2.24, 2.45) is 5.84 Å². The van der Waals surface area contributed by atoms with Gasteiger partial charge in [-0.15, -0.1) is 0 Å². The lowest BCUT2D eigenvalue weighted by molar-refractivity contribution is 0.549. The summed E-state index contributed by atoms with van der Waals surface area (Å²) in [5.41, 5.74) is 7.47. The van der Waals surface area contributed by atoms with Gasteiger partial charge in [0.05, 0.1) is 6.04 Å². The molecule has 3 N–H and O–H groups in total. The zero-order valence-corrected chi connectivity index (χ0v) is 13.9. The van der Waals surface area contributed by atoms with E-state index in [0.29, 0.717) is 0 Å². The molecule has 0 heterocycles. The highest BCUT2D eigenvalue weighted by Crippen LogP contribution is 2.30.